The monoisotopic (exact) mass is 267 g/mol. The van der Waals surface area contributed by atoms with E-state index >= 15 is 0 Å². The molecule has 2 heterocycles. The number of carbonyl (C=O) groups is 1. The summed E-state index contributed by atoms with van der Waals surface area (Å²) in [4.78, 5) is 16.8. The molecule has 0 spiro atoms. The average Bonchev–Trinajstić information content (AvgIpc) is 2.87. The van der Waals surface area contributed by atoms with E-state index in [-0.39, 0.29) is 5.78 Å². The minimum absolute atomic E-state index is 0.0537. The predicted octanol–water partition coefficient (Wildman–Crippen LogP) is 3.44. The van der Waals surface area contributed by atoms with Crippen LogP contribution in [-0.4, -0.2) is 16.4 Å². The van der Waals surface area contributed by atoms with Crippen LogP contribution in [0.4, 0.5) is 0 Å². The number of pyridine rings is 1. The van der Waals surface area contributed by atoms with Gasteiger partial charge in [-0.1, -0.05) is 31.5 Å². The Morgan fingerprint density at radius 3 is 2.70 bits per heavy atom. The molecule has 0 radical (unpaired) electrons. The van der Waals surface area contributed by atoms with E-state index in [9.17, 15) is 4.79 Å². The van der Waals surface area contributed by atoms with Crippen LogP contribution in [0.5, 0.6) is 5.75 Å². The molecule has 1 aromatic heterocycles. The van der Waals surface area contributed by atoms with E-state index in [1.165, 1.54) is 0 Å². The van der Waals surface area contributed by atoms with Gasteiger partial charge in [0.2, 0.25) is 5.78 Å². The quantitative estimate of drug-likeness (QED) is 0.797. The van der Waals surface area contributed by atoms with E-state index in [0.29, 0.717) is 12.0 Å². The Labute approximate surface area is 118 Å². The van der Waals surface area contributed by atoms with Crippen LogP contribution in [0.2, 0.25) is 0 Å². The van der Waals surface area contributed by atoms with Gasteiger partial charge in [-0.2, -0.15) is 0 Å². The van der Waals surface area contributed by atoms with Crippen LogP contribution in [0.3, 0.4) is 0 Å². The number of benzene rings is 1. The zero-order valence-corrected chi connectivity index (χ0v) is 11.5. The summed E-state index contributed by atoms with van der Waals surface area (Å²) < 4.78 is 6.08. The molecule has 1 aliphatic heterocycles. The highest BCUT2D eigenvalue weighted by molar-refractivity contribution is 6.03. The number of rotatable bonds is 4. The summed E-state index contributed by atoms with van der Waals surface area (Å²) in [6.07, 6.45) is 5.58. The molecule has 1 atom stereocenters. The predicted molar refractivity (Wildman–Crippen MR) is 77.0 cm³/mol. The van der Waals surface area contributed by atoms with Crippen LogP contribution in [0.15, 0.2) is 48.8 Å². The molecular formula is C17H17NO2. The number of Topliss-reactive ketones (excluding diaryl/α,β-unsaturated/α-hetero) is 1. The summed E-state index contributed by atoms with van der Waals surface area (Å²) in [5.41, 5.74) is 1.03. The minimum atomic E-state index is -0.750. The largest absolute Gasteiger partial charge is 0.478 e. The maximum absolute atomic E-state index is 12.9. The van der Waals surface area contributed by atoms with Gasteiger partial charge in [0.25, 0.3) is 0 Å². The first-order chi connectivity index (χ1) is 9.75. The minimum Gasteiger partial charge on any atom is -0.478 e. The van der Waals surface area contributed by atoms with Gasteiger partial charge in [0.15, 0.2) is 5.60 Å². The number of ether oxygens (including phenoxy) is 1. The van der Waals surface area contributed by atoms with Crippen LogP contribution < -0.4 is 4.74 Å². The number of fused-ring (bicyclic) bond motifs is 1. The summed E-state index contributed by atoms with van der Waals surface area (Å²) in [5, 5.41) is 0. The first-order valence-corrected chi connectivity index (χ1v) is 6.97. The number of para-hydroxylation sites is 1. The number of carbonyl (C=O) groups excluding carboxylic acids is 1. The molecule has 102 valence electrons. The fourth-order valence-corrected chi connectivity index (χ4v) is 2.85. The highest BCUT2D eigenvalue weighted by Crippen LogP contribution is 2.39. The molecule has 1 aromatic carbocycles. The van der Waals surface area contributed by atoms with Crippen molar-refractivity contribution < 1.29 is 9.53 Å². The third-order valence-corrected chi connectivity index (χ3v) is 3.76. The number of nitrogens with zero attached hydrogens (tertiary/aromatic N) is 1. The number of aromatic nitrogens is 1. The Morgan fingerprint density at radius 2 is 2.00 bits per heavy atom. The van der Waals surface area contributed by atoms with Gasteiger partial charge < -0.3 is 4.74 Å². The van der Waals surface area contributed by atoms with Gasteiger partial charge in [0.05, 0.1) is 0 Å². The van der Waals surface area contributed by atoms with E-state index in [4.69, 9.17) is 4.74 Å². The van der Waals surface area contributed by atoms with E-state index in [0.717, 1.165) is 24.2 Å². The second-order valence-corrected chi connectivity index (χ2v) is 5.20. The lowest BCUT2D eigenvalue weighted by Gasteiger charge is -2.27. The first-order valence-electron chi connectivity index (χ1n) is 6.97. The van der Waals surface area contributed by atoms with E-state index in [2.05, 4.69) is 11.9 Å². The first kappa shape index (κ1) is 12.9. The number of hydrogen-bond donors (Lipinski definition) is 0. The lowest BCUT2D eigenvalue weighted by atomic mass is 9.85. The number of hydrogen-bond acceptors (Lipinski definition) is 3. The summed E-state index contributed by atoms with van der Waals surface area (Å²) in [7, 11) is 0. The highest BCUT2D eigenvalue weighted by atomic mass is 16.5. The second kappa shape index (κ2) is 5.08. The van der Waals surface area contributed by atoms with Gasteiger partial charge in [0, 0.05) is 24.4 Å². The molecular weight excluding hydrogens is 250 g/mol. The summed E-state index contributed by atoms with van der Waals surface area (Å²) >= 11 is 0. The zero-order chi connectivity index (χ0) is 14.0. The molecule has 1 unspecified atom stereocenters. The lowest BCUT2D eigenvalue weighted by Crippen LogP contribution is -2.43. The van der Waals surface area contributed by atoms with Gasteiger partial charge >= 0.3 is 0 Å². The van der Waals surface area contributed by atoms with Crippen molar-refractivity contribution in [2.45, 2.75) is 31.8 Å². The van der Waals surface area contributed by atoms with Crippen molar-refractivity contribution in [3.8, 4) is 5.75 Å². The van der Waals surface area contributed by atoms with Crippen LogP contribution >= 0.6 is 0 Å². The Bertz CT molecular complexity index is 597. The van der Waals surface area contributed by atoms with Crippen molar-refractivity contribution in [3.05, 3.63) is 59.9 Å². The van der Waals surface area contributed by atoms with Crippen molar-refractivity contribution in [2.75, 3.05) is 0 Å². The topological polar surface area (TPSA) is 39.2 Å². The van der Waals surface area contributed by atoms with E-state index < -0.39 is 5.60 Å². The molecule has 0 N–H and O–H groups in total. The molecule has 3 rings (SSSR count). The van der Waals surface area contributed by atoms with Gasteiger partial charge in [-0.15, -0.1) is 0 Å². The van der Waals surface area contributed by atoms with Gasteiger partial charge in [0.1, 0.15) is 5.75 Å². The molecule has 0 amide bonds. The van der Waals surface area contributed by atoms with Crippen molar-refractivity contribution in [1.82, 2.24) is 4.98 Å². The number of ketones is 1. The molecule has 0 aliphatic carbocycles. The second-order valence-electron chi connectivity index (χ2n) is 5.20. The van der Waals surface area contributed by atoms with E-state index in [1.54, 1.807) is 24.5 Å². The molecule has 3 nitrogen and oxygen atoms in total. The Morgan fingerprint density at radius 1 is 1.25 bits per heavy atom. The Balaban J connectivity index is 1.97. The Hall–Kier alpha value is -2.16. The average molecular weight is 267 g/mol. The molecule has 0 saturated carbocycles. The summed E-state index contributed by atoms with van der Waals surface area (Å²) in [5.74, 6) is 0.890. The zero-order valence-electron chi connectivity index (χ0n) is 11.5. The normalized spacial score (nSPS) is 20.2. The van der Waals surface area contributed by atoms with Crippen molar-refractivity contribution >= 4 is 5.78 Å². The Kier molecular flexibility index (Phi) is 3.26. The molecule has 0 fully saturated rings. The van der Waals surface area contributed by atoms with Crippen LogP contribution in [0.1, 0.15) is 35.7 Å². The van der Waals surface area contributed by atoms with Crippen molar-refractivity contribution in [3.63, 3.8) is 0 Å². The fraction of sp³-hybridized carbons (Fsp3) is 0.294. The molecule has 2 aromatic rings. The van der Waals surface area contributed by atoms with Crippen LogP contribution in [-0.2, 0) is 6.42 Å². The van der Waals surface area contributed by atoms with Crippen LogP contribution in [0, 0.1) is 0 Å². The van der Waals surface area contributed by atoms with Crippen molar-refractivity contribution in [2.24, 2.45) is 0 Å². The standard InChI is InChI=1S/C17H17NO2/c1-2-9-17(16(19)13-7-10-18-11-8-13)12-14-5-3-4-6-15(14)20-17/h3-8,10-11H,2,9,12H2,1H3. The van der Waals surface area contributed by atoms with Crippen LogP contribution in [0.25, 0.3) is 0 Å². The van der Waals surface area contributed by atoms with Crippen molar-refractivity contribution in [1.29, 1.82) is 0 Å². The molecule has 20 heavy (non-hydrogen) atoms. The van der Waals surface area contributed by atoms with E-state index in [1.807, 2.05) is 24.3 Å². The molecule has 0 bridgehead atoms. The SMILES string of the molecule is CCCC1(C(=O)c2ccncc2)Cc2ccccc2O1. The van der Waals surface area contributed by atoms with Gasteiger partial charge in [-0.3, -0.25) is 9.78 Å². The van der Waals surface area contributed by atoms with Gasteiger partial charge in [-0.05, 0) is 30.2 Å². The third kappa shape index (κ3) is 2.09. The summed E-state index contributed by atoms with van der Waals surface area (Å²) in [6.45, 7) is 2.08. The van der Waals surface area contributed by atoms with Gasteiger partial charge in [-0.25, -0.2) is 0 Å². The molecule has 1 aliphatic rings. The maximum Gasteiger partial charge on any atom is 0.206 e. The molecule has 0 saturated heterocycles. The smallest absolute Gasteiger partial charge is 0.206 e. The maximum atomic E-state index is 12.9. The lowest BCUT2D eigenvalue weighted by molar-refractivity contribution is 0.0499. The highest BCUT2D eigenvalue weighted by Gasteiger charge is 2.45. The molecule has 3 heteroatoms. The summed E-state index contributed by atoms with van der Waals surface area (Å²) in [6, 6.07) is 11.4. The fourth-order valence-electron chi connectivity index (χ4n) is 2.85. The third-order valence-electron chi connectivity index (χ3n) is 3.76.